The number of benzene rings is 1. The molecule has 1 aromatic carbocycles. The Morgan fingerprint density at radius 3 is 2.33 bits per heavy atom. The lowest BCUT2D eigenvalue weighted by molar-refractivity contribution is -0.141. The van der Waals surface area contributed by atoms with Gasteiger partial charge in [-0.25, -0.2) is 9.18 Å². The van der Waals surface area contributed by atoms with E-state index in [1.807, 2.05) is 0 Å². The first-order valence-electron chi connectivity index (χ1n) is 11.1. The van der Waals surface area contributed by atoms with Crippen molar-refractivity contribution in [1.82, 2.24) is 10.6 Å². The standard InChI is InChI=1S/C24H33FN2O8S/c1-8-11-26-21(29)16-9-10-17(25)19(13-16)36(32,33)34-14-24(7,31)20(28)18(12-15(2)3)27-22(30)35-23(4,5)6/h1,9-10,13,15,18,31H,11-12,14H2,2-7H3,(H,26,29)(H,27,30). The van der Waals surface area contributed by atoms with E-state index in [1.165, 1.54) is 0 Å². The Kier molecular flexibility index (Phi) is 10.6. The molecule has 2 unspecified atom stereocenters. The number of hydrogen-bond donors (Lipinski definition) is 3. The van der Waals surface area contributed by atoms with Crippen LogP contribution in [0.3, 0.4) is 0 Å². The van der Waals surface area contributed by atoms with Crippen LogP contribution in [0, 0.1) is 24.1 Å². The van der Waals surface area contributed by atoms with Crippen LogP contribution in [0.2, 0.25) is 0 Å². The maximum absolute atomic E-state index is 14.3. The van der Waals surface area contributed by atoms with E-state index < -0.39 is 62.5 Å². The Morgan fingerprint density at radius 2 is 1.81 bits per heavy atom. The van der Waals surface area contributed by atoms with Gasteiger partial charge in [0.05, 0.1) is 12.6 Å². The van der Waals surface area contributed by atoms with Gasteiger partial charge in [-0.3, -0.25) is 13.8 Å². The minimum absolute atomic E-state index is 0.0909. The van der Waals surface area contributed by atoms with Crippen molar-refractivity contribution in [3.8, 4) is 12.3 Å². The van der Waals surface area contributed by atoms with E-state index in [4.69, 9.17) is 15.3 Å². The molecule has 1 rings (SSSR count). The SMILES string of the molecule is C#CCNC(=O)c1ccc(F)c(S(=O)(=O)OCC(C)(O)C(=O)C(CC(C)C)NC(=O)OC(C)(C)C)c1. The molecule has 12 heteroatoms. The Balaban J connectivity index is 3.09. The van der Waals surface area contributed by atoms with Crippen molar-refractivity contribution in [2.45, 2.75) is 70.1 Å². The fraction of sp³-hybridized carbons (Fsp3) is 0.542. The summed E-state index contributed by atoms with van der Waals surface area (Å²) in [6.07, 6.45) is 4.28. The molecule has 10 nitrogen and oxygen atoms in total. The van der Waals surface area contributed by atoms with Gasteiger partial charge in [-0.05, 0) is 58.2 Å². The third kappa shape index (κ3) is 9.56. The fourth-order valence-corrected chi connectivity index (χ4v) is 4.01. The van der Waals surface area contributed by atoms with Gasteiger partial charge in [0, 0.05) is 5.56 Å². The average molecular weight is 529 g/mol. The van der Waals surface area contributed by atoms with Crippen LogP contribution >= 0.6 is 0 Å². The van der Waals surface area contributed by atoms with Crippen molar-refractivity contribution >= 4 is 27.9 Å². The maximum atomic E-state index is 14.3. The average Bonchev–Trinajstić information content (AvgIpc) is 2.73. The number of halogens is 1. The Hall–Kier alpha value is -3.01. The molecule has 1 aromatic rings. The third-order valence-electron chi connectivity index (χ3n) is 4.55. The molecule has 0 saturated carbocycles. The lowest BCUT2D eigenvalue weighted by Crippen LogP contribution is -2.54. The largest absolute Gasteiger partial charge is 0.444 e. The second kappa shape index (κ2) is 12.3. The molecule has 2 atom stereocenters. The number of hydrogen-bond acceptors (Lipinski definition) is 8. The van der Waals surface area contributed by atoms with Crippen LogP contribution in [0.15, 0.2) is 23.1 Å². The highest BCUT2D eigenvalue weighted by molar-refractivity contribution is 7.86. The quantitative estimate of drug-likeness (QED) is 0.292. The molecule has 2 amide bonds. The van der Waals surface area contributed by atoms with Gasteiger partial charge in [0.1, 0.15) is 28.5 Å². The molecule has 0 aliphatic rings. The first kappa shape index (κ1) is 31.0. The lowest BCUT2D eigenvalue weighted by atomic mass is 9.90. The smallest absolute Gasteiger partial charge is 0.408 e. The van der Waals surface area contributed by atoms with E-state index in [2.05, 4.69) is 16.6 Å². The van der Waals surface area contributed by atoms with E-state index in [1.54, 1.807) is 34.6 Å². The minimum Gasteiger partial charge on any atom is -0.444 e. The Morgan fingerprint density at radius 1 is 1.19 bits per heavy atom. The number of nitrogens with one attached hydrogen (secondary N) is 2. The summed E-state index contributed by atoms with van der Waals surface area (Å²) in [6.45, 7) is 8.26. The van der Waals surface area contributed by atoms with E-state index >= 15 is 0 Å². The summed E-state index contributed by atoms with van der Waals surface area (Å²) >= 11 is 0. The number of aliphatic hydroxyl groups is 1. The first-order valence-corrected chi connectivity index (χ1v) is 12.5. The molecule has 0 heterocycles. The molecule has 0 bridgehead atoms. The van der Waals surface area contributed by atoms with E-state index in [0.717, 1.165) is 25.1 Å². The number of amides is 2. The molecule has 0 aliphatic heterocycles. The normalized spacial score (nSPS) is 14.3. The molecule has 3 N–H and O–H groups in total. The van der Waals surface area contributed by atoms with E-state index in [-0.39, 0.29) is 24.4 Å². The van der Waals surface area contributed by atoms with Gasteiger partial charge < -0.3 is 20.5 Å². The van der Waals surface area contributed by atoms with Crippen molar-refractivity contribution in [1.29, 1.82) is 0 Å². The van der Waals surface area contributed by atoms with Crippen LogP contribution < -0.4 is 10.6 Å². The van der Waals surface area contributed by atoms with Crippen LogP contribution in [-0.4, -0.2) is 61.7 Å². The van der Waals surface area contributed by atoms with Crippen molar-refractivity contribution in [3.63, 3.8) is 0 Å². The van der Waals surface area contributed by atoms with Gasteiger partial charge in [0.25, 0.3) is 16.0 Å². The molecule has 0 saturated heterocycles. The van der Waals surface area contributed by atoms with Gasteiger partial charge in [-0.15, -0.1) is 6.42 Å². The van der Waals surface area contributed by atoms with E-state index in [0.29, 0.717) is 0 Å². The summed E-state index contributed by atoms with van der Waals surface area (Å²) in [5.74, 6) is -0.798. The van der Waals surface area contributed by atoms with Crippen LogP contribution in [0.25, 0.3) is 0 Å². The Bertz CT molecular complexity index is 1120. The van der Waals surface area contributed by atoms with Gasteiger partial charge in [0.15, 0.2) is 5.78 Å². The second-order valence-corrected chi connectivity index (χ2v) is 11.3. The molecule has 36 heavy (non-hydrogen) atoms. The number of rotatable bonds is 11. The van der Waals surface area contributed by atoms with Gasteiger partial charge in [0.2, 0.25) is 0 Å². The van der Waals surface area contributed by atoms with Crippen molar-refractivity contribution < 1.29 is 41.2 Å². The number of ether oxygens (including phenoxy) is 1. The highest BCUT2D eigenvalue weighted by Gasteiger charge is 2.39. The van der Waals surface area contributed by atoms with Crippen molar-refractivity contribution in [2.75, 3.05) is 13.2 Å². The summed E-state index contributed by atoms with van der Waals surface area (Å²) < 4.78 is 49.6. The third-order valence-corrected chi connectivity index (χ3v) is 5.83. The molecule has 0 aromatic heterocycles. The predicted octanol–water partition coefficient (Wildman–Crippen LogP) is 2.15. The summed E-state index contributed by atoms with van der Waals surface area (Å²) in [5, 5.41) is 15.4. The molecule has 0 fully saturated rings. The van der Waals surface area contributed by atoms with Crippen LogP contribution in [0.5, 0.6) is 0 Å². The van der Waals surface area contributed by atoms with Crippen LogP contribution in [-0.2, 0) is 23.8 Å². The predicted molar refractivity (Wildman–Crippen MR) is 129 cm³/mol. The summed E-state index contributed by atoms with van der Waals surface area (Å²) in [4.78, 5) is 36.3. The maximum Gasteiger partial charge on any atom is 0.408 e. The molecule has 200 valence electrons. The molecular formula is C24H33FN2O8S. The zero-order valence-electron chi connectivity index (χ0n) is 21.2. The zero-order valence-corrected chi connectivity index (χ0v) is 22.0. The first-order chi connectivity index (χ1) is 16.4. The highest BCUT2D eigenvalue weighted by Crippen LogP contribution is 2.22. The fourth-order valence-electron chi connectivity index (χ4n) is 2.92. The second-order valence-electron chi connectivity index (χ2n) is 9.71. The monoisotopic (exact) mass is 528 g/mol. The van der Waals surface area contributed by atoms with Crippen molar-refractivity contribution in [3.05, 3.63) is 29.6 Å². The molecule has 0 radical (unpaired) electrons. The Labute approximate surface area is 211 Å². The summed E-state index contributed by atoms with van der Waals surface area (Å²) in [7, 11) is -4.85. The van der Waals surface area contributed by atoms with Gasteiger partial charge in [-0.2, -0.15) is 8.42 Å². The van der Waals surface area contributed by atoms with Crippen LogP contribution in [0.1, 0.15) is 58.3 Å². The van der Waals surface area contributed by atoms with Gasteiger partial charge in [-0.1, -0.05) is 19.8 Å². The topological polar surface area (TPSA) is 148 Å². The number of carbonyl (C=O) groups is 3. The molecule has 0 aliphatic carbocycles. The number of ketones is 1. The van der Waals surface area contributed by atoms with E-state index in [9.17, 15) is 32.3 Å². The lowest BCUT2D eigenvalue weighted by Gasteiger charge is -2.29. The number of Topliss-reactive ketones (excluding diaryl/α,β-unsaturated/α-hetero) is 1. The minimum atomic E-state index is -4.85. The van der Waals surface area contributed by atoms with Crippen LogP contribution in [0.4, 0.5) is 9.18 Å². The van der Waals surface area contributed by atoms with Gasteiger partial charge >= 0.3 is 6.09 Å². The summed E-state index contributed by atoms with van der Waals surface area (Å²) in [6, 6.07) is 1.34. The summed E-state index contributed by atoms with van der Waals surface area (Å²) in [5.41, 5.74) is -3.43. The van der Waals surface area contributed by atoms with Crippen molar-refractivity contribution in [2.24, 2.45) is 5.92 Å². The highest BCUT2D eigenvalue weighted by atomic mass is 32.2. The zero-order chi connectivity index (χ0) is 27.9. The number of alkyl carbamates (subject to hydrolysis) is 1. The molecular weight excluding hydrogens is 495 g/mol. The number of terminal acetylenes is 1. The molecule has 0 spiro atoms. The number of carbonyl (C=O) groups excluding carboxylic acids is 3.